The van der Waals surface area contributed by atoms with E-state index in [9.17, 15) is 0 Å². The number of nitrogens with zero attached hydrogens (tertiary/aromatic N) is 2. The molecule has 0 bridgehead atoms. The van der Waals surface area contributed by atoms with E-state index in [1.807, 2.05) is 6.20 Å². The van der Waals surface area contributed by atoms with Gasteiger partial charge in [-0.3, -0.25) is 4.68 Å². The molecule has 0 aliphatic carbocycles. The Kier molecular flexibility index (Phi) is 2.13. The summed E-state index contributed by atoms with van der Waals surface area (Å²) in [5, 5.41) is 7.72. The Morgan fingerprint density at radius 1 is 1.75 bits per heavy atom. The van der Waals surface area contributed by atoms with E-state index in [0.29, 0.717) is 6.04 Å². The maximum atomic E-state index is 4.26. The van der Waals surface area contributed by atoms with Crippen molar-refractivity contribution in [3.63, 3.8) is 0 Å². The third-order valence-electron chi connectivity index (χ3n) is 2.48. The van der Waals surface area contributed by atoms with E-state index in [1.165, 1.54) is 25.1 Å². The smallest absolute Gasteiger partial charge is 0.0565 e. The molecule has 3 nitrogen and oxygen atoms in total. The Balaban J connectivity index is 1.98. The third kappa shape index (κ3) is 1.50. The van der Waals surface area contributed by atoms with Crippen molar-refractivity contribution in [2.24, 2.45) is 0 Å². The number of hydrogen-bond donors (Lipinski definition) is 1. The summed E-state index contributed by atoms with van der Waals surface area (Å²) in [6.45, 7) is 4.30. The average Bonchev–Trinajstić information content (AvgIpc) is 2.65. The van der Waals surface area contributed by atoms with Crippen LogP contribution in [0, 0.1) is 6.92 Å². The van der Waals surface area contributed by atoms with Gasteiger partial charge >= 0.3 is 0 Å². The van der Waals surface area contributed by atoms with Crippen molar-refractivity contribution in [2.75, 3.05) is 6.54 Å². The van der Waals surface area contributed by atoms with Gasteiger partial charge in [-0.1, -0.05) is 0 Å². The Bertz CT molecular complexity index is 248. The first-order valence-electron chi connectivity index (χ1n) is 4.58. The van der Waals surface area contributed by atoms with Crippen LogP contribution in [0.3, 0.4) is 0 Å². The maximum Gasteiger partial charge on any atom is 0.0565 e. The lowest BCUT2D eigenvalue weighted by atomic mass is 10.2. The normalized spacial score (nSPS) is 23.2. The zero-order valence-electron chi connectivity index (χ0n) is 7.45. The molecule has 1 aliphatic heterocycles. The third-order valence-corrected chi connectivity index (χ3v) is 2.48. The van der Waals surface area contributed by atoms with Gasteiger partial charge in [-0.15, -0.1) is 0 Å². The standard InChI is InChI=1S/C9H15N3/c1-8-4-6-11-12(8)7-9-3-2-5-10-9/h4,6,9-10H,2-3,5,7H2,1H3. The van der Waals surface area contributed by atoms with Crippen LogP contribution in [0.2, 0.25) is 0 Å². The van der Waals surface area contributed by atoms with E-state index >= 15 is 0 Å². The number of rotatable bonds is 2. The lowest BCUT2D eigenvalue weighted by molar-refractivity contribution is 0.469. The fraction of sp³-hybridized carbons (Fsp3) is 0.667. The van der Waals surface area contributed by atoms with E-state index in [0.717, 1.165) is 6.54 Å². The molecule has 1 aromatic heterocycles. The fourth-order valence-corrected chi connectivity index (χ4v) is 1.71. The van der Waals surface area contributed by atoms with Crippen LogP contribution in [0.15, 0.2) is 12.3 Å². The fourth-order valence-electron chi connectivity index (χ4n) is 1.71. The van der Waals surface area contributed by atoms with Crippen LogP contribution in [0.5, 0.6) is 0 Å². The van der Waals surface area contributed by atoms with Crippen molar-refractivity contribution in [1.82, 2.24) is 15.1 Å². The molecular weight excluding hydrogens is 150 g/mol. The molecule has 1 N–H and O–H groups in total. The summed E-state index contributed by atoms with van der Waals surface area (Å²) in [5.41, 5.74) is 1.25. The zero-order valence-corrected chi connectivity index (χ0v) is 7.45. The first-order valence-corrected chi connectivity index (χ1v) is 4.58. The van der Waals surface area contributed by atoms with Gasteiger partial charge in [-0.25, -0.2) is 0 Å². The SMILES string of the molecule is Cc1ccnn1CC1CCCN1. The second kappa shape index (κ2) is 3.27. The molecule has 1 atom stereocenters. The molecule has 1 unspecified atom stereocenters. The van der Waals surface area contributed by atoms with Crippen LogP contribution < -0.4 is 5.32 Å². The first kappa shape index (κ1) is 7.80. The lowest BCUT2D eigenvalue weighted by Gasteiger charge is -2.11. The van der Waals surface area contributed by atoms with E-state index in [-0.39, 0.29) is 0 Å². The van der Waals surface area contributed by atoms with Crippen LogP contribution in [0.1, 0.15) is 18.5 Å². The van der Waals surface area contributed by atoms with E-state index in [4.69, 9.17) is 0 Å². The van der Waals surface area contributed by atoms with Crippen LogP contribution >= 0.6 is 0 Å². The van der Waals surface area contributed by atoms with Crippen LogP contribution in [-0.4, -0.2) is 22.4 Å². The predicted molar refractivity (Wildman–Crippen MR) is 48.0 cm³/mol. The molecular formula is C9H15N3. The highest BCUT2D eigenvalue weighted by Crippen LogP contribution is 2.08. The van der Waals surface area contributed by atoms with Gasteiger partial charge in [0, 0.05) is 17.9 Å². The first-order chi connectivity index (χ1) is 5.86. The monoisotopic (exact) mass is 165 g/mol. The summed E-state index contributed by atoms with van der Waals surface area (Å²) >= 11 is 0. The topological polar surface area (TPSA) is 29.9 Å². The quantitative estimate of drug-likeness (QED) is 0.707. The Morgan fingerprint density at radius 2 is 2.67 bits per heavy atom. The van der Waals surface area contributed by atoms with E-state index < -0.39 is 0 Å². The van der Waals surface area contributed by atoms with Gasteiger partial charge in [0.1, 0.15) is 0 Å². The summed E-state index contributed by atoms with van der Waals surface area (Å²) in [6.07, 6.45) is 4.47. The Hall–Kier alpha value is -0.830. The minimum atomic E-state index is 0.642. The van der Waals surface area contributed by atoms with Gasteiger partial charge in [0.15, 0.2) is 0 Å². The largest absolute Gasteiger partial charge is 0.312 e. The molecule has 1 aliphatic rings. The minimum absolute atomic E-state index is 0.642. The molecule has 12 heavy (non-hydrogen) atoms. The highest BCUT2D eigenvalue weighted by Gasteiger charge is 2.14. The highest BCUT2D eigenvalue weighted by molar-refractivity contribution is 4.97. The lowest BCUT2D eigenvalue weighted by Crippen LogP contribution is -2.27. The van der Waals surface area contributed by atoms with Crippen LogP contribution in [0.4, 0.5) is 0 Å². The summed E-state index contributed by atoms with van der Waals surface area (Å²) in [4.78, 5) is 0. The van der Waals surface area contributed by atoms with Gasteiger partial charge in [0.05, 0.1) is 6.54 Å². The summed E-state index contributed by atoms with van der Waals surface area (Å²) in [7, 11) is 0. The molecule has 0 saturated carbocycles. The minimum Gasteiger partial charge on any atom is -0.312 e. The summed E-state index contributed by atoms with van der Waals surface area (Å²) in [6, 6.07) is 2.69. The maximum absolute atomic E-state index is 4.26. The predicted octanol–water partition coefficient (Wildman–Crippen LogP) is 0.944. The van der Waals surface area contributed by atoms with Crippen molar-refractivity contribution in [3.8, 4) is 0 Å². The van der Waals surface area contributed by atoms with Gasteiger partial charge in [0.2, 0.25) is 0 Å². The van der Waals surface area contributed by atoms with Gasteiger partial charge in [-0.05, 0) is 32.4 Å². The number of aryl methyl sites for hydroxylation is 1. The highest BCUT2D eigenvalue weighted by atomic mass is 15.3. The average molecular weight is 165 g/mol. The molecule has 2 rings (SSSR count). The molecule has 0 radical (unpaired) electrons. The molecule has 2 heterocycles. The van der Waals surface area contributed by atoms with E-state index in [2.05, 4.69) is 28.1 Å². The van der Waals surface area contributed by atoms with Crippen molar-refractivity contribution in [1.29, 1.82) is 0 Å². The van der Waals surface area contributed by atoms with E-state index in [1.54, 1.807) is 0 Å². The Labute approximate surface area is 72.8 Å². The number of nitrogens with one attached hydrogen (secondary N) is 1. The number of hydrogen-bond acceptors (Lipinski definition) is 2. The molecule has 3 heteroatoms. The van der Waals surface area contributed by atoms with Gasteiger partial charge in [-0.2, -0.15) is 5.10 Å². The van der Waals surface area contributed by atoms with Gasteiger partial charge in [0.25, 0.3) is 0 Å². The van der Waals surface area contributed by atoms with Crippen LogP contribution in [0.25, 0.3) is 0 Å². The van der Waals surface area contributed by atoms with Crippen molar-refractivity contribution >= 4 is 0 Å². The molecule has 0 aromatic carbocycles. The second-order valence-electron chi connectivity index (χ2n) is 3.45. The molecule has 66 valence electrons. The second-order valence-corrected chi connectivity index (χ2v) is 3.45. The molecule has 0 amide bonds. The zero-order chi connectivity index (χ0) is 8.39. The van der Waals surface area contributed by atoms with Crippen molar-refractivity contribution in [2.45, 2.75) is 32.4 Å². The molecule has 1 aromatic rings. The molecule has 0 spiro atoms. The van der Waals surface area contributed by atoms with Crippen molar-refractivity contribution in [3.05, 3.63) is 18.0 Å². The molecule has 1 saturated heterocycles. The molecule has 1 fully saturated rings. The van der Waals surface area contributed by atoms with Gasteiger partial charge < -0.3 is 5.32 Å². The summed E-state index contributed by atoms with van der Waals surface area (Å²) < 4.78 is 2.07. The van der Waals surface area contributed by atoms with Crippen molar-refractivity contribution < 1.29 is 0 Å². The van der Waals surface area contributed by atoms with Crippen LogP contribution in [-0.2, 0) is 6.54 Å². The number of aromatic nitrogens is 2. The summed E-state index contributed by atoms with van der Waals surface area (Å²) in [5.74, 6) is 0. The Morgan fingerprint density at radius 3 is 3.25 bits per heavy atom.